The Morgan fingerprint density at radius 1 is 0.356 bits per heavy atom. The fourth-order valence-corrected chi connectivity index (χ4v) is 7.19. The molecule has 59 heavy (non-hydrogen) atoms. The van der Waals surface area contributed by atoms with Crippen molar-refractivity contribution in [1.82, 2.24) is 19.9 Å². The fraction of sp³-hybridized carbons (Fsp3) is 0.0952. The van der Waals surface area contributed by atoms with Gasteiger partial charge in [-0.2, -0.15) is 0 Å². The fourth-order valence-electron chi connectivity index (χ4n) is 4.88. The van der Waals surface area contributed by atoms with Gasteiger partial charge in [-0.25, -0.2) is 37.3 Å². The first-order valence-electron chi connectivity index (χ1n) is 16.9. The number of halogens is 2. The number of benzene rings is 3. The number of nitrogens with zero attached hydrogens (tertiary/aromatic N) is 4. The van der Waals surface area contributed by atoms with E-state index in [0.29, 0.717) is 0 Å². The van der Waals surface area contributed by atoms with E-state index < -0.39 is 28.4 Å². The molecule has 0 fully saturated rings. The zero-order chi connectivity index (χ0) is 41.8. The Morgan fingerprint density at radius 2 is 0.542 bits per heavy atom. The quantitative estimate of drug-likeness (QED) is 0.143. The van der Waals surface area contributed by atoms with Crippen molar-refractivity contribution in [3.63, 3.8) is 0 Å². The predicted molar refractivity (Wildman–Crippen MR) is 203 cm³/mol. The molecule has 0 atom stereocenters. The van der Waals surface area contributed by atoms with E-state index in [0.717, 1.165) is 22.8 Å². The van der Waals surface area contributed by atoms with Crippen molar-refractivity contribution in [3.05, 3.63) is 187 Å². The monoisotopic (exact) mass is 948 g/mol. The van der Waals surface area contributed by atoms with Gasteiger partial charge >= 0.3 is 19.5 Å². The first-order chi connectivity index (χ1) is 27.0. The molecule has 0 saturated carbocycles. The number of rotatable bonds is 5. The third-order valence-corrected chi connectivity index (χ3v) is 9.67. The smallest absolute Gasteiger partial charge is 0.412 e. The van der Waals surface area contributed by atoms with Crippen molar-refractivity contribution < 1.29 is 82.7 Å². The van der Waals surface area contributed by atoms with Crippen LogP contribution >= 0.6 is 7.92 Å². The molecule has 3 aromatic carbocycles. The van der Waals surface area contributed by atoms with Crippen molar-refractivity contribution in [2.24, 2.45) is 0 Å². The molecule has 0 amide bonds. The Hall–Kier alpha value is -4.47. The van der Waals surface area contributed by atoms with Gasteiger partial charge in [-0.05, 0) is 122 Å². The van der Waals surface area contributed by atoms with Crippen LogP contribution in [0, 0.1) is 48.2 Å². The summed E-state index contributed by atoms with van der Waals surface area (Å²) in [6.45, 7) is 8.23. The molecule has 310 valence electrons. The van der Waals surface area contributed by atoms with Crippen LogP contribution in [0.15, 0.2) is 164 Å². The van der Waals surface area contributed by atoms with Gasteiger partial charge < -0.3 is 5.48 Å². The first-order valence-corrected chi connectivity index (χ1v) is 20.7. The van der Waals surface area contributed by atoms with Crippen LogP contribution in [0.1, 0.15) is 22.3 Å². The minimum atomic E-state index is -4.94. The summed E-state index contributed by atoms with van der Waals surface area (Å²) in [7, 11) is -10.3. The Balaban J connectivity index is 0.000000395. The van der Waals surface area contributed by atoms with E-state index in [1.807, 2.05) is 73.3 Å². The number of hydrogen-bond acceptors (Lipinski definition) is 12. The van der Waals surface area contributed by atoms with E-state index in [9.17, 15) is 0 Å². The van der Waals surface area contributed by atoms with Gasteiger partial charge in [0.05, 0.1) is 22.8 Å². The van der Waals surface area contributed by atoms with Crippen LogP contribution in [-0.4, -0.2) is 25.4 Å². The first kappa shape index (κ1) is 52.6. The molecule has 7 aromatic rings. The molecule has 2 N–H and O–H groups in total. The van der Waals surface area contributed by atoms with Gasteiger partial charge in [0.2, 0.25) is 0 Å². The summed E-state index contributed by atoms with van der Waals surface area (Å²) in [6.07, 6.45) is 7.26. The Labute approximate surface area is 361 Å². The number of aryl methyl sites for hydroxylation is 4. The molecule has 0 aliphatic heterocycles. The van der Waals surface area contributed by atoms with Crippen LogP contribution in [0.5, 0.6) is 0 Å². The maximum absolute atomic E-state index is 8.49. The van der Waals surface area contributed by atoms with E-state index >= 15 is 0 Å². The van der Waals surface area contributed by atoms with E-state index in [1.165, 1.54) is 38.2 Å². The molecule has 0 unspecified atom stereocenters. The Morgan fingerprint density at radius 3 is 0.712 bits per heavy atom. The molecule has 0 saturated heterocycles. The SMILES string of the molecule is Cc1ccnc(-c2cc(C)ccn2)c1.Cc1ccnc(-c2cc(C)ccn2)c1.O.[O-][Cl+3]([O-])([O-])[O-].[O-][Cl+3]([O-])([O-])[O-].[Ru+2].c1ccc(P(c2ccccc2)c2ccccc2)cc1. The molecule has 4 heterocycles. The predicted octanol–water partition coefficient (Wildman–Crippen LogP) is -1.37. The average Bonchev–Trinajstić information content (AvgIpc) is 3.16. The van der Waals surface area contributed by atoms with Crippen LogP contribution in [-0.2, 0) is 19.5 Å². The Kier molecular flexibility index (Phi) is 23.7. The summed E-state index contributed by atoms with van der Waals surface area (Å²) >= 11 is 0. The van der Waals surface area contributed by atoms with Crippen molar-refractivity contribution in [1.29, 1.82) is 0 Å². The molecule has 7 rings (SSSR count). The minimum Gasteiger partial charge on any atom is -0.412 e. The van der Waals surface area contributed by atoms with Gasteiger partial charge in [-0.1, -0.05) is 91.0 Å². The zero-order valence-corrected chi connectivity index (χ0v) is 36.3. The third kappa shape index (κ3) is 22.5. The molecule has 13 nitrogen and oxygen atoms in total. The summed E-state index contributed by atoms with van der Waals surface area (Å²) in [5, 5.41) is 4.19. The third-order valence-electron chi connectivity index (χ3n) is 7.23. The normalized spacial score (nSPS) is 10.3. The summed E-state index contributed by atoms with van der Waals surface area (Å²) in [6, 6.07) is 48.4. The molecular weight excluding hydrogens is 907 g/mol. The molecule has 0 radical (unpaired) electrons. The summed E-state index contributed by atoms with van der Waals surface area (Å²) < 4.78 is 67.9. The number of aromatic nitrogens is 4. The largest absolute Gasteiger partial charge is 2.00 e. The molecule has 0 bridgehead atoms. The molecule has 17 heteroatoms. The molecular formula is C42H41Cl2N4O9PRu. The molecule has 4 aromatic heterocycles. The van der Waals surface area contributed by atoms with E-state index in [1.54, 1.807) is 0 Å². The van der Waals surface area contributed by atoms with Crippen molar-refractivity contribution in [2.75, 3.05) is 0 Å². The maximum atomic E-state index is 8.49. The summed E-state index contributed by atoms with van der Waals surface area (Å²) in [5.41, 5.74) is 8.58. The summed E-state index contributed by atoms with van der Waals surface area (Å²) in [4.78, 5) is 17.2. The van der Waals surface area contributed by atoms with Gasteiger partial charge in [0.1, 0.15) is 0 Å². The van der Waals surface area contributed by atoms with Crippen LogP contribution < -0.4 is 53.2 Å². The minimum absolute atomic E-state index is 0. The van der Waals surface area contributed by atoms with Crippen molar-refractivity contribution in [2.45, 2.75) is 27.7 Å². The van der Waals surface area contributed by atoms with Gasteiger partial charge in [-0.15, -0.1) is 20.5 Å². The van der Waals surface area contributed by atoms with E-state index in [4.69, 9.17) is 37.3 Å². The zero-order valence-electron chi connectivity index (χ0n) is 32.2. The van der Waals surface area contributed by atoms with Crippen molar-refractivity contribution >= 4 is 23.8 Å². The standard InChI is InChI=1S/C18H15P.2C12H12N2.2ClHO4.H2O.Ru/c1-4-10-16(11-5-1)19(17-12-6-2-7-13-17)18-14-8-3-9-15-18;2*1-9-3-5-13-11(7-9)12-8-10(2)4-6-14-12;2*2-1(3,4)5;;/h1-15H;2*3-8H,1-2H3;2*(H,2,3,4,5);1H2;/q;;;;;;+2/p-2. The van der Waals surface area contributed by atoms with E-state index in [2.05, 4.69) is 139 Å². The van der Waals surface area contributed by atoms with Gasteiger partial charge in [0, 0.05) is 24.8 Å². The van der Waals surface area contributed by atoms with Gasteiger partial charge in [0.15, 0.2) is 0 Å². The van der Waals surface area contributed by atoms with Crippen LogP contribution in [0.2, 0.25) is 0 Å². The second-order valence-corrected chi connectivity index (χ2v) is 15.7. The molecule has 0 aliphatic carbocycles. The van der Waals surface area contributed by atoms with Crippen LogP contribution in [0.4, 0.5) is 0 Å². The van der Waals surface area contributed by atoms with Crippen molar-refractivity contribution in [3.8, 4) is 22.8 Å². The summed E-state index contributed by atoms with van der Waals surface area (Å²) in [5.74, 6) is 0. The number of hydrogen-bond donors (Lipinski definition) is 0. The second kappa shape index (κ2) is 26.6. The van der Waals surface area contributed by atoms with Crippen LogP contribution in [0.3, 0.4) is 0 Å². The van der Waals surface area contributed by atoms with Gasteiger partial charge in [-0.3, -0.25) is 19.9 Å². The maximum Gasteiger partial charge on any atom is 2.00 e. The Bertz CT molecular complexity index is 1930. The van der Waals surface area contributed by atoms with Gasteiger partial charge in [0.25, 0.3) is 0 Å². The topological polar surface area (TPSA) is 268 Å². The molecule has 0 aliphatic rings. The van der Waals surface area contributed by atoms with E-state index in [-0.39, 0.29) is 25.0 Å². The van der Waals surface area contributed by atoms with Crippen LogP contribution in [0.25, 0.3) is 22.8 Å². The second-order valence-electron chi connectivity index (χ2n) is 12.0. The number of pyridine rings is 4. The molecule has 0 spiro atoms. The average molecular weight is 949 g/mol.